The highest BCUT2D eigenvalue weighted by molar-refractivity contribution is 6.04. The van der Waals surface area contributed by atoms with Crippen molar-refractivity contribution in [1.82, 2.24) is 30.2 Å². The maximum absolute atomic E-state index is 14.2. The number of nitrogens with one attached hydrogen (secondary N) is 3. The number of carbonyl (C=O) groups is 3. The Morgan fingerprint density at radius 3 is 2.50 bits per heavy atom. The van der Waals surface area contributed by atoms with Gasteiger partial charge in [-0.15, -0.1) is 0 Å². The number of ether oxygens (including phenoxy) is 1. The first-order chi connectivity index (χ1) is 22.7. The van der Waals surface area contributed by atoms with E-state index in [4.69, 9.17) is 4.74 Å². The molecule has 2 aromatic heterocycles. The molecule has 0 spiro atoms. The second kappa shape index (κ2) is 13.6. The molecule has 3 amide bonds. The highest BCUT2D eigenvalue weighted by atomic mass is 19.4. The predicted octanol–water partition coefficient (Wildman–Crippen LogP) is 5.88. The van der Waals surface area contributed by atoms with Crippen LogP contribution in [0.1, 0.15) is 54.2 Å². The second-order valence-electron chi connectivity index (χ2n) is 12.1. The van der Waals surface area contributed by atoms with Gasteiger partial charge in [0, 0.05) is 54.2 Å². The number of alkyl halides is 3. The van der Waals surface area contributed by atoms with Crippen LogP contribution in [-0.2, 0) is 22.3 Å². The maximum atomic E-state index is 14.2. The third kappa shape index (κ3) is 8.40. The van der Waals surface area contributed by atoms with Crippen LogP contribution in [0.3, 0.4) is 0 Å². The molecule has 3 N–H and O–H groups in total. The zero-order valence-electron chi connectivity index (χ0n) is 26.6. The van der Waals surface area contributed by atoms with E-state index in [2.05, 4.69) is 35.9 Å². The summed E-state index contributed by atoms with van der Waals surface area (Å²) in [6.07, 6.45) is 0.838. The van der Waals surface area contributed by atoms with Crippen molar-refractivity contribution < 1.29 is 32.3 Å². The van der Waals surface area contributed by atoms with Gasteiger partial charge in [-0.3, -0.25) is 9.59 Å². The van der Waals surface area contributed by atoms with E-state index in [1.807, 2.05) is 6.92 Å². The number of nitrogens with zero attached hydrogens (tertiary/aromatic N) is 5. The highest BCUT2D eigenvalue weighted by Gasteiger charge is 2.38. The molecule has 0 radical (unpaired) electrons. The van der Waals surface area contributed by atoms with Crippen molar-refractivity contribution in [3.05, 3.63) is 89.6 Å². The summed E-state index contributed by atoms with van der Waals surface area (Å²) in [4.78, 5) is 56.1. The van der Waals surface area contributed by atoms with Crippen LogP contribution < -0.4 is 16.0 Å². The van der Waals surface area contributed by atoms with Crippen LogP contribution in [0, 0.1) is 6.92 Å². The molecule has 0 bridgehead atoms. The van der Waals surface area contributed by atoms with Gasteiger partial charge in [-0.05, 0) is 75.6 Å². The Morgan fingerprint density at radius 1 is 1.04 bits per heavy atom. The zero-order chi connectivity index (χ0) is 34.6. The summed E-state index contributed by atoms with van der Waals surface area (Å²) in [6.45, 7) is 6.64. The Kier molecular flexibility index (Phi) is 9.59. The quantitative estimate of drug-likeness (QED) is 0.210. The predicted molar refractivity (Wildman–Crippen MR) is 170 cm³/mol. The lowest BCUT2D eigenvalue weighted by molar-refractivity contribution is -0.139. The summed E-state index contributed by atoms with van der Waals surface area (Å²) in [7, 11) is 0. The van der Waals surface area contributed by atoms with E-state index in [-0.39, 0.29) is 36.6 Å². The minimum absolute atomic E-state index is 0.138. The molecule has 3 heterocycles. The summed E-state index contributed by atoms with van der Waals surface area (Å²) in [5.41, 5.74) is 0.741. The SMILES string of the molecule is Cc1ccc(NC(=O)c2ccc(CN3CC[C@H](NC(=O)OC(C)(C)C)C3=O)c(C(F)(F)F)c2)cc1Nc1nccc(-c2cncnc2)n1. The summed E-state index contributed by atoms with van der Waals surface area (Å²) < 4.78 is 47.8. The smallest absolute Gasteiger partial charge is 0.416 e. The molecule has 1 atom stereocenters. The van der Waals surface area contributed by atoms with Crippen LogP contribution in [0.25, 0.3) is 11.3 Å². The molecule has 0 aliphatic carbocycles. The number of anilines is 3. The Bertz CT molecular complexity index is 1830. The van der Waals surface area contributed by atoms with E-state index in [1.54, 1.807) is 63.6 Å². The molecule has 5 rings (SSSR count). The van der Waals surface area contributed by atoms with Crippen molar-refractivity contribution in [3.8, 4) is 11.3 Å². The molecule has 0 unspecified atom stereocenters. The fourth-order valence-corrected chi connectivity index (χ4v) is 4.97. The van der Waals surface area contributed by atoms with E-state index < -0.39 is 41.3 Å². The lowest BCUT2D eigenvalue weighted by Gasteiger charge is -2.22. The first-order valence-corrected chi connectivity index (χ1v) is 14.9. The van der Waals surface area contributed by atoms with Crippen LogP contribution in [0.4, 0.5) is 35.3 Å². The Hall–Kier alpha value is -5.60. The molecule has 15 heteroatoms. The first-order valence-electron chi connectivity index (χ1n) is 14.9. The normalized spacial score (nSPS) is 14.9. The molecule has 12 nitrogen and oxygen atoms in total. The van der Waals surface area contributed by atoms with E-state index in [1.165, 1.54) is 23.4 Å². The molecule has 48 heavy (non-hydrogen) atoms. The second-order valence-corrected chi connectivity index (χ2v) is 12.1. The molecule has 1 saturated heterocycles. The maximum Gasteiger partial charge on any atom is 0.416 e. The Labute approximate surface area is 274 Å². The van der Waals surface area contributed by atoms with Gasteiger partial charge in [-0.2, -0.15) is 13.2 Å². The van der Waals surface area contributed by atoms with E-state index in [9.17, 15) is 27.6 Å². The zero-order valence-corrected chi connectivity index (χ0v) is 26.6. The minimum Gasteiger partial charge on any atom is -0.444 e. The number of likely N-dealkylation sites (tertiary alicyclic amines) is 1. The van der Waals surface area contributed by atoms with Gasteiger partial charge in [0.2, 0.25) is 11.9 Å². The van der Waals surface area contributed by atoms with Crippen molar-refractivity contribution in [2.45, 2.75) is 58.5 Å². The Morgan fingerprint density at radius 2 is 1.79 bits per heavy atom. The summed E-state index contributed by atoms with van der Waals surface area (Å²) in [5, 5.41) is 8.23. The topological polar surface area (TPSA) is 151 Å². The number of aryl methyl sites for hydroxylation is 1. The molecule has 4 aromatic rings. The van der Waals surface area contributed by atoms with Crippen molar-refractivity contribution in [1.29, 1.82) is 0 Å². The highest BCUT2D eigenvalue weighted by Crippen LogP contribution is 2.34. The third-order valence-corrected chi connectivity index (χ3v) is 7.28. The fraction of sp³-hybridized carbons (Fsp3) is 0.303. The molecule has 250 valence electrons. The number of benzene rings is 2. The standard InChI is InChI=1S/C33H33F3N8O4/c1-19-5-8-23(14-27(19)42-30-39-11-9-25(41-30)22-15-37-18-38-16-22)40-28(45)20-6-7-21(24(13-20)33(34,35)36)17-44-12-10-26(29(44)46)43-31(47)48-32(2,3)4/h5-9,11,13-16,18,26H,10,12,17H2,1-4H3,(H,40,45)(H,43,47)(H,39,41,42)/t26-/m0/s1. The van der Waals surface area contributed by atoms with E-state index in [0.717, 1.165) is 11.6 Å². The number of alkyl carbamates (subject to hydrolysis) is 1. The van der Waals surface area contributed by atoms with Gasteiger partial charge in [0.05, 0.1) is 11.3 Å². The largest absolute Gasteiger partial charge is 0.444 e. The van der Waals surface area contributed by atoms with Gasteiger partial charge in [-0.25, -0.2) is 24.7 Å². The number of hydrogen-bond acceptors (Lipinski definition) is 9. The Balaban J connectivity index is 1.28. The van der Waals surface area contributed by atoms with Crippen LogP contribution in [0.15, 0.2) is 67.4 Å². The van der Waals surface area contributed by atoms with E-state index in [0.29, 0.717) is 22.6 Å². The molecule has 2 aromatic carbocycles. The summed E-state index contributed by atoms with van der Waals surface area (Å²) in [6, 6.07) is 8.99. The average molecular weight is 663 g/mol. The number of aromatic nitrogens is 4. The van der Waals surface area contributed by atoms with Crippen molar-refractivity contribution in [2.75, 3.05) is 17.2 Å². The van der Waals surface area contributed by atoms with Gasteiger partial charge < -0.3 is 25.6 Å². The van der Waals surface area contributed by atoms with Crippen LogP contribution in [0.2, 0.25) is 0 Å². The van der Waals surface area contributed by atoms with Gasteiger partial charge in [0.25, 0.3) is 5.91 Å². The molecular formula is C33H33F3N8O4. The number of rotatable bonds is 8. The van der Waals surface area contributed by atoms with Crippen molar-refractivity contribution in [3.63, 3.8) is 0 Å². The molecular weight excluding hydrogens is 629 g/mol. The van der Waals surface area contributed by atoms with Crippen LogP contribution in [-0.4, -0.2) is 60.9 Å². The van der Waals surface area contributed by atoms with Crippen molar-refractivity contribution in [2.24, 2.45) is 0 Å². The number of amides is 3. The summed E-state index contributed by atoms with van der Waals surface area (Å²) in [5.74, 6) is -1.01. The lowest BCUT2D eigenvalue weighted by atomic mass is 10.0. The van der Waals surface area contributed by atoms with Gasteiger partial charge in [-0.1, -0.05) is 12.1 Å². The fourth-order valence-electron chi connectivity index (χ4n) is 4.97. The number of hydrogen-bond donors (Lipinski definition) is 3. The van der Waals surface area contributed by atoms with Crippen LogP contribution >= 0.6 is 0 Å². The molecule has 0 saturated carbocycles. The average Bonchev–Trinajstić information content (AvgIpc) is 3.35. The summed E-state index contributed by atoms with van der Waals surface area (Å²) >= 11 is 0. The third-order valence-electron chi connectivity index (χ3n) is 7.28. The number of carbonyl (C=O) groups excluding carboxylic acids is 3. The molecule has 1 fully saturated rings. The molecule has 1 aliphatic heterocycles. The van der Waals surface area contributed by atoms with Gasteiger partial charge in [0.15, 0.2) is 0 Å². The van der Waals surface area contributed by atoms with Crippen molar-refractivity contribution >= 4 is 35.2 Å². The molecule has 1 aliphatic rings. The number of halogens is 3. The minimum atomic E-state index is -4.80. The van der Waals surface area contributed by atoms with Crippen LogP contribution in [0.5, 0.6) is 0 Å². The van der Waals surface area contributed by atoms with Gasteiger partial charge >= 0.3 is 12.3 Å². The van der Waals surface area contributed by atoms with Gasteiger partial charge in [0.1, 0.15) is 18.0 Å². The monoisotopic (exact) mass is 662 g/mol. The first kappa shape index (κ1) is 33.8. The lowest BCUT2D eigenvalue weighted by Crippen LogP contribution is -2.43. The van der Waals surface area contributed by atoms with E-state index >= 15 is 0 Å².